The standard InChI is InChI=1S/C15H25FN2/c1-4-6-9-18(5-2)15(11-17)14-8-7-13(16)10-12(14)3/h7-8,10,15H,4-6,9,11,17H2,1-3H3. The van der Waals surface area contributed by atoms with Gasteiger partial charge in [-0.3, -0.25) is 4.90 Å². The van der Waals surface area contributed by atoms with Gasteiger partial charge in [0.25, 0.3) is 0 Å². The van der Waals surface area contributed by atoms with Gasteiger partial charge in [-0.15, -0.1) is 0 Å². The second-order valence-electron chi connectivity index (χ2n) is 4.73. The van der Waals surface area contributed by atoms with Crippen LogP contribution in [0, 0.1) is 12.7 Å². The summed E-state index contributed by atoms with van der Waals surface area (Å²) in [6, 6.07) is 5.18. The van der Waals surface area contributed by atoms with Gasteiger partial charge in [0.2, 0.25) is 0 Å². The number of hydrogen-bond acceptors (Lipinski definition) is 2. The van der Waals surface area contributed by atoms with Crippen LogP contribution >= 0.6 is 0 Å². The molecule has 3 heteroatoms. The van der Waals surface area contributed by atoms with Crippen LogP contribution < -0.4 is 5.73 Å². The Morgan fingerprint density at radius 1 is 1.33 bits per heavy atom. The molecule has 0 heterocycles. The molecule has 0 aliphatic rings. The monoisotopic (exact) mass is 252 g/mol. The van der Waals surface area contributed by atoms with Crippen LogP contribution in [0.5, 0.6) is 0 Å². The van der Waals surface area contributed by atoms with E-state index in [1.807, 2.05) is 13.0 Å². The Hall–Kier alpha value is -0.930. The minimum Gasteiger partial charge on any atom is -0.329 e. The van der Waals surface area contributed by atoms with Crippen LogP contribution in [0.3, 0.4) is 0 Å². The predicted octanol–water partition coefficient (Wildman–Crippen LogP) is 3.26. The number of aryl methyl sites for hydroxylation is 1. The molecular weight excluding hydrogens is 227 g/mol. The van der Waals surface area contributed by atoms with Gasteiger partial charge < -0.3 is 5.73 Å². The zero-order valence-electron chi connectivity index (χ0n) is 11.7. The summed E-state index contributed by atoms with van der Waals surface area (Å²) in [5, 5.41) is 0. The Bertz CT molecular complexity index is 366. The first-order chi connectivity index (χ1) is 8.63. The molecule has 0 spiro atoms. The Kier molecular flexibility index (Phi) is 6.30. The van der Waals surface area contributed by atoms with Gasteiger partial charge in [0.15, 0.2) is 0 Å². The molecule has 2 nitrogen and oxygen atoms in total. The van der Waals surface area contributed by atoms with Gasteiger partial charge in [-0.25, -0.2) is 4.39 Å². The van der Waals surface area contributed by atoms with Crippen molar-refractivity contribution in [1.82, 2.24) is 4.90 Å². The minimum atomic E-state index is -0.177. The van der Waals surface area contributed by atoms with Crippen molar-refractivity contribution in [3.8, 4) is 0 Å². The van der Waals surface area contributed by atoms with Crippen molar-refractivity contribution in [2.24, 2.45) is 5.73 Å². The largest absolute Gasteiger partial charge is 0.329 e. The molecule has 0 saturated heterocycles. The summed E-state index contributed by atoms with van der Waals surface area (Å²) in [5.41, 5.74) is 8.06. The summed E-state index contributed by atoms with van der Waals surface area (Å²) in [6.45, 7) is 8.88. The molecule has 0 saturated carbocycles. The Labute approximate surface area is 110 Å². The highest BCUT2D eigenvalue weighted by Gasteiger charge is 2.19. The van der Waals surface area contributed by atoms with Crippen molar-refractivity contribution in [1.29, 1.82) is 0 Å². The second-order valence-corrected chi connectivity index (χ2v) is 4.73. The molecule has 2 N–H and O–H groups in total. The van der Waals surface area contributed by atoms with Gasteiger partial charge in [-0.1, -0.05) is 26.3 Å². The van der Waals surface area contributed by atoms with Gasteiger partial charge >= 0.3 is 0 Å². The van der Waals surface area contributed by atoms with Crippen LogP contribution in [0.1, 0.15) is 43.9 Å². The summed E-state index contributed by atoms with van der Waals surface area (Å²) < 4.78 is 13.2. The summed E-state index contributed by atoms with van der Waals surface area (Å²) in [5.74, 6) is -0.177. The third-order valence-electron chi connectivity index (χ3n) is 3.46. The molecule has 0 amide bonds. The molecule has 1 rings (SSSR count). The van der Waals surface area contributed by atoms with Gasteiger partial charge in [0.05, 0.1) is 0 Å². The molecule has 1 aromatic rings. The van der Waals surface area contributed by atoms with E-state index in [4.69, 9.17) is 5.73 Å². The molecular formula is C15H25FN2. The first-order valence-electron chi connectivity index (χ1n) is 6.84. The molecule has 0 bridgehead atoms. The molecule has 1 unspecified atom stereocenters. The van der Waals surface area contributed by atoms with Crippen LogP contribution in [0.4, 0.5) is 4.39 Å². The molecule has 0 aliphatic heterocycles. The molecule has 0 radical (unpaired) electrons. The SMILES string of the molecule is CCCCN(CC)C(CN)c1ccc(F)cc1C. The lowest BCUT2D eigenvalue weighted by molar-refractivity contribution is 0.208. The van der Waals surface area contributed by atoms with E-state index in [9.17, 15) is 4.39 Å². The number of rotatable bonds is 7. The van der Waals surface area contributed by atoms with Crippen molar-refractivity contribution in [3.05, 3.63) is 35.1 Å². The van der Waals surface area contributed by atoms with Gasteiger partial charge in [0, 0.05) is 12.6 Å². The number of halogens is 1. The molecule has 102 valence electrons. The summed E-state index contributed by atoms with van der Waals surface area (Å²) in [4.78, 5) is 2.38. The minimum absolute atomic E-state index is 0.177. The average molecular weight is 252 g/mol. The maximum absolute atomic E-state index is 13.2. The van der Waals surface area contributed by atoms with E-state index in [-0.39, 0.29) is 11.9 Å². The van der Waals surface area contributed by atoms with Crippen molar-refractivity contribution in [3.63, 3.8) is 0 Å². The second kappa shape index (κ2) is 7.49. The third kappa shape index (κ3) is 3.79. The average Bonchev–Trinajstić information content (AvgIpc) is 2.36. The van der Waals surface area contributed by atoms with Gasteiger partial charge in [-0.05, 0) is 49.7 Å². The number of benzene rings is 1. The van der Waals surface area contributed by atoms with Crippen molar-refractivity contribution >= 4 is 0 Å². The Morgan fingerprint density at radius 2 is 2.06 bits per heavy atom. The van der Waals surface area contributed by atoms with E-state index >= 15 is 0 Å². The number of nitrogens with two attached hydrogens (primary N) is 1. The van der Waals surface area contributed by atoms with Crippen molar-refractivity contribution < 1.29 is 4.39 Å². The number of likely N-dealkylation sites (N-methyl/N-ethyl adjacent to an activating group) is 1. The highest BCUT2D eigenvalue weighted by atomic mass is 19.1. The lowest BCUT2D eigenvalue weighted by Crippen LogP contribution is -2.34. The van der Waals surface area contributed by atoms with Crippen LogP contribution in [0.25, 0.3) is 0 Å². The maximum atomic E-state index is 13.2. The molecule has 0 aromatic heterocycles. The van der Waals surface area contributed by atoms with Gasteiger partial charge in [0.1, 0.15) is 5.82 Å². The topological polar surface area (TPSA) is 29.3 Å². The first kappa shape index (κ1) is 15.1. The van der Waals surface area contributed by atoms with E-state index < -0.39 is 0 Å². The third-order valence-corrected chi connectivity index (χ3v) is 3.46. The summed E-state index contributed by atoms with van der Waals surface area (Å²) in [6.07, 6.45) is 2.35. The van der Waals surface area contributed by atoms with E-state index in [2.05, 4.69) is 18.7 Å². The summed E-state index contributed by atoms with van der Waals surface area (Å²) in [7, 11) is 0. The Morgan fingerprint density at radius 3 is 2.56 bits per heavy atom. The first-order valence-corrected chi connectivity index (χ1v) is 6.84. The Balaban J connectivity index is 2.92. The zero-order chi connectivity index (χ0) is 13.5. The molecule has 1 aromatic carbocycles. The fraction of sp³-hybridized carbons (Fsp3) is 0.600. The van der Waals surface area contributed by atoms with Crippen LogP contribution in [0.15, 0.2) is 18.2 Å². The number of hydrogen-bond donors (Lipinski definition) is 1. The lowest BCUT2D eigenvalue weighted by atomic mass is 9.99. The number of nitrogens with zero attached hydrogens (tertiary/aromatic N) is 1. The normalized spacial score (nSPS) is 13.0. The quantitative estimate of drug-likeness (QED) is 0.807. The van der Waals surface area contributed by atoms with Crippen LogP contribution in [0.2, 0.25) is 0 Å². The molecule has 18 heavy (non-hydrogen) atoms. The number of unbranched alkanes of at least 4 members (excludes halogenated alkanes) is 1. The summed E-state index contributed by atoms with van der Waals surface area (Å²) >= 11 is 0. The van der Waals surface area contributed by atoms with Gasteiger partial charge in [-0.2, -0.15) is 0 Å². The maximum Gasteiger partial charge on any atom is 0.123 e. The van der Waals surface area contributed by atoms with E-state index in [0.717, 1.165) is 24.2 Å². The molecule has 0 fully saturated rings. The van der Waals surface area contributed by atoms with E-state index in [0.29, 0.717) is 6.54 Å². The zero-order valence-corrected chi connectivity index (χ0v) is 11.7. The van der Waals surface area contributed by atoms with E-state index in [1.54, 1.807) is 6.07 Å². The van der Waals surface area contributed by atoms with Crippen molar-refractivity contribution in [2.75, 3.05) is 19.6 Å². The molecule has 0 aliphatic carbocycles. The molecule has 1 atom stereocenters. The predicted molar refractivity (Wildman–Crippen MR) is 75.1 cm³/mol. The lowest BCUT2D eigenvalue weighted by Gasteiger charge is -2.31. The van der Waals surface area contributed by atoms with Crippen LogP contribution in [-0.2, 0) is 0 Å². The van der Waals surface area contributed by atoms with Crippen LogP contribution in [-0.4, -0.2) is 24.5 Å². The smallest absolute Gasteiger partial charge is 0.123 e. The van der Waals surface area contributed by atoms with Crippen molar-refractivity contribution in [2.45, 2.75) is 39.7 Å². The fourth-order valence-electron chi connectivity index (χ4n) is 2.38. The fourth-order valence-corrected chi connectivity index (χ4v) is 2.38. The highest BCUT2D eigenvalue weighted by molar-refractivity contribution is 5.30. The highest BCUT2D eigenvalue weighted by Crippen LogP contribution is 2.24. The van der Waals surface area contributed by atoms with E-state index in [1.165, 1.54) is 18.9 Å².